The average Bonchev–Trinajstić information content (AvgIpc) is 2.88. The van der Waals surface area contributed by atoms with Crippen molar-refractivity contribution in [3.8, 4) is 0 Å². The molecule has 0 aromatic heterocycles. The van der Waals surface area contributed by atoms with Crippen molar-refractivity contribution < 1.29 is 25.2 Å². The Bertz CT molecular complexity index is 475. The number of aliphatic hydroxyl groups is 3. The first-order valence-electron chi connectivity index (χ1n) is 7.30. The third-order valence-corrected chi connectivity index (χ3v) is 6.62. The van der Waals surface area contributed by atoms with Gasteiger partial charge in [-0.3, -0.25) is 4.79 Å². The molecule has 6 unspecified atom stereocenters. The molecule has 3 aliphatic rings. The summed E-state index contributed by atoms with van der Waals surface area (Å²) in [7, 11) is 0. The van der Waals surface area contributed by atoms with Gasteiger partial charge in [-0.1, -0.05) is 20.8 Å². The molecule has 0 aliphatic heterocycles. The van der Waals surface area contributed by atoms with Crippen LogP contribution in [-0.2, 0) is 4.79 Å². The summed E-state index contributed by atoms with van der Waals surface area (Å²) in [4.78, 5) is 11.8. The number of aliphatic hydroxyl groups excluding tert-OH is 2. The number of carboxylic acids is 1. The van der Waals surface area contributed by atoms with Crippen molar-refractivity contribution in [2.24, 2.45) is 28.1 Å². The van der Waals surface area contributed by atoms with Crippen LogP contribution < -0.4 is 0 Å². The van der Waals surface area contributed by atoms with E-state index < -0.39 is 35.1 Å². The minimum atomic E-state index is -1.94. The van der Waals surface area contributed by atoms with Crippen molar-refractivity contribution in [1.82, 2.24) is 0 Å². The molecule has 0 amide bonds. The number of hydrogen-bond donors (Lipinski definition) is 4. The van der Waals surface area contributed by atoms with Crippen molar-refractivity contribution in [1.29, 1.82) is 0 Å². The van der Waals surface area contributed by atoms with E-state index in [1.165, 1.54) is 0 Å². The van der Waals surface area contributed by atoms with Gasteiger partial charge in [0.25, 0.3) is 0 Å². The first-order valence-corrected chi connectivity index (χ1v) is 7.30. The minimum absolute atomic E-state index is 0.0346. The summed E-state index contributed by atoms with van der Waals surface area (Å²) in [6, 6.07) is 0. The molecule has 3 saturated carbocycles. The molecule has 0 radical (unpaired) electrons. The monoisotopic (exact) mass is 284 g/mol. The second-order valence-corrected chi connectivity index (χ2v) is 8.17. The zero-order valence-electron chi connectivity index (χ0n) is 12.3. The molecule has 5 heteroatoms. The van der Waals surface area contributed by atoms with E-state index in [4.69, 9.17) is 0 Å². The van der Waals surface area contributed by atoms with E-state index in [0.717, 1.165) is 12.8 Å². The van der Waals surface area contributed by atoms with Crippen LogP contribution in [0.2, 0.25) is 0 Å². The van der Waals surface area contributed by atoms with Gasteiger partial charge in [0, 0.05) is 0 Å². The predicted molar refractivity (Wildman–Crippen MR) is 70.8 cm³/mol. The van der Waals surface area contributed by atoms with Crippen LogP contribution in [0.15, 0.2) is 0 Å². The van der Waals surface area contributed by atoms with E-state index in [1.54, 1.807) is 0 Å². The Kier molecular flexibility index (Phi) is 2.55. The Morgan fingerprint density at radius 1 is 1.25 bits per heavy atom. The van der Waals surface area contributed by atoms with Gasteiger partial charge in [-0.05, 0) is 41.9 Å². The summed E-state index contributed by atoms with van der Waals surface area (Å²) in [5.41, 5.74) is -3.84. The second-order valence-electron chi connectivity index (χ2n) is 8.17. The zero-order chi connectivity index (χ0) is 15.1. The van der Waals surface area contributed by atoms with Crippen molar-refractivity contribution in [2.45, 2.75) is 51.7 Å². The van der Waals surface area contributed by atoms with E-state index >= 15 is 0 Å². The Morgan fingerprint density at radius 2 is 1.85 bits per heavy atom. The maximum absolute atomic E-state index is 11.8. The predicted octanol–water partition coefficient (Wildman–Crippen LogP) is 0.618. The molecule has 3 fully saturated rings. The van der Waals surface area contributed by atoms with Gasteiger partial charge in [0.15, 0.2) is 0 Å². The lowest BCUT2D eigenvalue weighted by Crippen LogP contribution is -2.64. The molecule has 0 spiro atoms. The van der Waals surface area contributed by atoms with Gasteiger partial charge in [-0.15, -0.1) is 0 Å². The highest BCUT2D eigenvalue weighted by Crippen LogP contribution is 2.80. The summed E-state index contributed by atoms with van der Waals surface area (Å²) in [5, 5.41) is 40.6. The lowest BCUT2D eigenvalue weighted by atomic mass is 9.60. The molecule has 0 aromatic rings. The van der Waals surface area contributed by atoms with E-state index in [0.29, 0.717) is 6.42 Å². The lowest BCUT2D eigenvalue weighted by molar-refractivity contribution is -0.218. The van der Waals surface area contributed by atoms with Gasteiger partial charge < -0.3 is 20.4 Å². The molecular weight excluding hydrogens is 260 g/mol. The molecule has 5 nitrogen and oxygen atoms in total. The molecule has 6 atom stereocenters. The Balaban J connectivity index is 2.12. The van der Waals surface area contributed by atoms with E-state index in [2.05, 4.69) is 13.8 Å². The summed E-state index contributed by atoms with van der Waals surface area (Å²) < 4.78 is 0. The molecule has 3 aliphatic carbocycles. The standard InChI is InChI=1S/C15H24O5/c1-12(2)4-8-9(5-12)13(3)6-14(13,11(18)19)15(20,7-16)10(8)17/h8-10,16-17,20H,4-7H2,1-3H3,(H,18,19). The molecular formula is C15H24O5. The van der Waals surface area contributed by atoms with E-state index in [-0.39, 0.29) is 17.3 Å². The quantitative estimate of drug-likeness (QED) is 0.596. The fraction of sp³-hybridized carbons (Fsp3) is 0.933. The molecule has 114 valence electrons. The number of aliphatic carboxylic acids is 1. The highest BCUT2D eigenvalue weighted by Gasteiger charge is 2.86. The number of rotatable bonds is 2. The van der Waals surface area contributed by atoms with Gasteiger partial charge in [-0.25, -0.2) is 0 Å². The normalized spacial score (nSPS) is 56.0. The SMILES string of the molecule is CC1(C)CC2C(C1)C1(C)CC1(C(=O)O)C(O)(CO)C2O. The van der Waals surface area contributed by atoms with Gasteiger partial charge in [0.1, 0.15) is 11.0 Å². The number of fused-ring (bicyclic) bond motifs is 3. The van der Waals surface area contributed by atoms with Crippen LogP contribution >= 0.6 is 0 Å². The third-order valence-electron chi connectivity index (χ3n) is 6.62. The lowest BCUT2D eigenvalue weighted by Gasteiger charge is -2.49. The van der Waals surface area contributed by atoms with E-state index in [1.807, 2.05) is 6.92 Å². The molecule has 20 heavy (non-hydrogen) atoms. The maximum Gasteiger partial charge on any atom is 0.313 e. The van der Waals surface area contributed by atoms with E-state index in [9.17, 15) is 25.2 Å². The highest BCUT2D eigenvalue weighted by atomic mass is 16.4. The molecule has 0 heterocycles. The topological polar surface area (TPSA) is 98.0 Å². The van der Waals surface area contributed by atoms with Crippen LogP contribution in [0.1, 0.15) is 40.0 Å². The fourth-order valence-corrected chi connectivity index (χ4v) is 5.58. The molecule has 3 rings (SSSR count). The molecule has 4 N–H and O–H groups in total. The van der Waals surface area contributed by atoms with Crippen molar-refractivity contribution >= 4 is 5.97 Å². The number of carboxylic acid groups (broad SMARTS) is 1. The molecule has 0 aromatic carbocycles. The maximum atomic E-state index is 11.8. The highest BCUT2D eigenvalue weighted by molar-refractivity contribution is 5.83. The summed E-state index contributed by atoms with van der Waals surface area (Å²) in [6.45, 7) is 5.42. The van der Waals surface area contributed by atoms with Crippen LogP contribution in [0.25, 0.3) is 0 Å². The summed E-state index contributed by atoms with van der Waals surface area (Å²) >= 11 is 0. The number of hydrogen-bond acceptors (Lipinski definition) is 4. The second kappa shape index (κ2) is 3.57. The minimum Gasteiger partial charge on any atom is -0.481 e. The Labute approximate surface area is 118 Å². The smallest absolute Gasteiger partial charge is 0.313 e. The average molecular weight is 284 g/mol. The molecule has 0 saturated heterocycles. The van der Waals surface area contributed by atoms with Crippen molar-refractivity contribution in [3.05, 3.63) is 0 Å². The third kappa shape index (κ3) is 1.27. The van der Waals surface area contributed by atoms with Gasteiger partial charge >= 0.3 is 5.97 Å². The van der Waals surface area contributed by atoms with Crippen LogP contribution in [0, 0.1) is 28.1 Å². The van der Waals surface area contributed by atoms with Gasteiger partial charge in [-0.2, -0.15) is 0 Å². The molecule has 0 bridgehead atoms. The van der Waals surface area contributed by atoms with Gasteiger partial charge in [0.2, 0.25) is 0 Å². The first-order chi connectivity index (χ1) is 9.06. The van der Waals surface area contributed by atoms with Gasteiger partial charge in [0.05, 0.1) is 12.7 Å². The fourth-order valence-electron chi connectivity index (χ4n) is 5.58. The van der Waals surface area contributed by atoms with Crippen LogP contribution in [0.3, 0.4) is 0 Å². The largest absolute Gasteiger partial charge is 0.481 e. The van der Waals surface area contributed by atoms with Crippen LogP contribution in [0.5, 0.6) is 0 Å². The summed E-state index contributed by atoms with van der Waals surface area (Å²) in [5.74, 6) is -1.14. The van der Waals surface area contributed by atoms with Crippen LogP contribution in [-0.4, -0.2) is 44.7 Å². The first kappa shape index (κ1) is 14.3. The number of carbonyl (C=O) groups is 1. The van der Waals surface area contributed by atoms with Crippen LogP contribution in [0.4, 0.5) is 0 Å². The van der Waals surface area contributed by atoms with Crippen molar-refractivity contribution in [2.75, 3.05) is 6.61 Å². The Hall–Kier alpha value is -0.650. The van der Waals surface area contributed by atoms with Crippen molar-refractivity contribution in [3.63, 3.8) is 0 Å². The Morgan fingerprint density at radius 3 is 2.35 bits per heavy atom. The zero-order valence-corrected chi connectivity index (χ0v) is 12.3. The summed E-state index contributed by atoms with van der Waals surface area (Å²) in [6.07, 6.45) is 0.778.